The second kappa shape index (κ2) is 34.0. The highest BCUT2D eigenvalue weighted by Gasteiger charge is 2.41. The zero-order valence-electron chi connectivity index (χ0n) is 62.9. The largest absolute Gasteiger partial charge is 0.497 e. The number of carbonyl (C=O) groups is 3. The van der Waals surface area contributed by atoms with Gasteiger partial charge < -0.3 is 43.8 Å². The molecule has 3 amide bonds. The minimum absolute atomic E-state index is 0.0635. The van der Waals surface area contributed by atoms with Gasteiger partial charge in [0.15, 0.2) is 0 Å². The Hall–Kier alpha value is -10.3. The molecule has 24 heteroatoms. The number of aromatic nitrogens is 6. The van der Waals surface area contributed by atoms with Crippen LogP contribution < -0.4 is 9.64 Å². The van der Waals surface area contributed by atoms with E-state index in [1.165, 1.54) is 61.9 Å². The van der Waals surface area contributed by atoms with Gasteiger partial charge in [0.05, 0.1) is 38.0 Å². The van der Waals surface area contributed by atoms with E-state index in [0.717, 1.165) is 126 Å². The van der Waals surface area contributed by atoms with E-state index in [1.54, 1.807) is 36.8 Å². The van der Waals surface area contributed by atoms with Crippen molar-refractivity contribution in [3.63, 3.8) is 0 Å². The Morgan fingerprint density at radius 1 is 0.500 bits per heavy atom. The molecule has 0 aliphatic carbocycles. The van der Waals surface area contributed by atoms with Gasteiger partial charge in [0.25, 0.3) is 0 Å². The van der Waals surface area contributed by atoms with E-state index in [9.17, 15) is 27.6 Å². The minimum atomic E-state index is -4.43. The van der Waals surface area contributed by atoms with Crippen molar-refractivity contribution in [1.29, 1.82) is 0 Å². The number of fused-ring (bicyclic) bond motifs is 12. The van der Waals surface area contributed by atoms with Gasteiger partial charge in [-0.3, -0.25) is 14.7 Å². The Balaban J connectivity index is 0.000000124. The maximum atomic E-state index is 13.0. The Morgan fingerprint density at radius 2 is 0.911 bits per heavy atom. The number of benzene rings is 8. The summed E-state index contributed by atoms with van der Waals surface area (Å²) in [4.78, 5) is 68.9. The van der Waals surface area contributed by atoms with Gasteiger partial charge in [-0.1, -0.05) is 155 Å². The average molecular weight is 1680 g/mol. The summed E-state index contributed by atoms with van der Waals surface area (Å²) in [6, 6.07) is 56.9. The predicted molar refractivity (Wildman–Crippen MR) is 442 cm³/mol. The number of nitrogens with one attached hydrogen (secondary N) is 4. The van der Waals surface area contributed by atoms with E-state index in [4.69, 9.17) is 42.1 Å². The van der Waals surface area contributed by atoms with Gasteiger partial charge in [0.1, 0.15) is 23.9 Å². The number of ether oxygens (including phenoxy) is 4. The third-order valence-electron chi connectivity index (χ3n) is 20.9. The number of H-pyrrole nitrogens is 4. The zero-order valence-corrected chi connectivity index (χ0v) is 67.6. The lowest BCUT2D eigenvalue weighted by Gasteiger charge is -2.36. The number of methoxy groups -OCH3 is 1. The van der Waals surface area contributed by atoms with Crippen molar-refractivity contribution in [2.75, 3.05) is 51.4 Å². The van der Waals surface area contributed by atoms with Crippen molar-refractivity contribution in [1.82, 2.24) is 44.6 Å². The molecule has 578 valence electrons. The van der Waals surface area contributed by atoms with E-state index in [0.29, 0.717) is 60.8 Å². The number of aromatic amines is 4. The second-order valence-corrected chi connectivity index (χ2v) is 31.3. The first-order chi connectivity index (χ1) is 54.1. The number of anilines is 1. The van der Waals surface area contributed by atoms with Crippen LogP contribution in [0.1, 0.15) is 156 Å². The molecule has 4 atom stereocenters. The predicted octanol–water partition coefficient (Wildman–Crippen LogP) is 22.7. The maximum Gasteiger partial charge on any atom is 0.416 e. The molecule has 0 saturated heterocycles. The third kappa shape index (κ3) is 16.5. The SMILES string of the molecule is CC(C)OC(=O)N1CCc2c([nH]c3ccc(Cl)cc23)C1c1ccc(C(F)(F)F)cc1.CC(C)c1ccc(C2c3[nH]c4ccc(Br)cc4c3CCN2c2ncccn2)cc1.CCCOC(=O)N1CCc2c([nH]c3ccc(Cl)cc23)C1c1ccc(OC)cc1.CCOC(=O)N1CCc2c([nH]c3ccc(Br)cc23)C1c1ccccc1. The lowest BCUT2D eigenvalue weighted by Crippen LogP contribution is -2.41. The standard InChI is InChI=1S/C24H23BrN4.C22H20ClF3N2O2.C22H23ClN2O3.C20H19BrN2O2/c1-15(2)16-4-6-17(7-5-16)23-22-19(20-14-18(25)8-9-21(20)28-22)10-13-29(23)24-26-11-3-12-27-24;1-12(2)30-21(29)28-10-9-16-17-11-15(23)7-8-18(17)27-19(16)20(28)13-3-5-14(6-4-13)22(24,25)26;1-3-12-28-22(26)25-11-10-17-18-13-15(23)6-9-19(18)24-20(17)21(25)14-4-7-16(27-2)8-5-14;1-2-25-20(24)23-11-10-15-16-12-14(21)8-9-17(16)22-18(15)19(23)13-6-4-3-5-7-13/h3-9,11-12,14-15,23,28H,10,13H2,1-2H3;3-8,11-12,20,27H,9-10H2,1-2H3;4-9,13,21,24H,3,10-12H2,1-2H3;3-9,12,19,22H,2,10-11H2,1H3. The zero-order chi connectivity index (χ0) is 78.6. The van der Waals surface area contributed by atoms with Crippen LogP contribution in [0.3, 0.4) is 0 Å². The molecule has 8 aromatic carbocycles. The molecule has 0 saturated carbocycles. The molecule has 4 aliphatic heterocycles. The van der Waals surface area contributed by atoms with Crippen LogP contribution in [-0.2, 0) is 46.1 Å². The molecular formula is C88H85Br2Cl2F3N10O7. The van der Waals surface area contributed by atoms with Gasteiger partial charge in [-0.05, 0) is 212 Å². The third-order valence-corrected chi connectivity index (χ3v) is 22.4. The number of hydrogen-bond donors (Lipinski definition) is 4. The van der Waals surface area contributed by atoms with Crippen LogP contribution in [0.2, 0.25) is 10.0 Å². The van der Waals surface area contributed by atoms with Crippen LogP contribution in [0.15, 0.2) is 203 Å². The Labute approximate surface area is 674 Å². The number of hydrogen-bond acceptors (Lipinski definition) is 10. The molecule has 13 aromatic rings. The maximum absolute atomic E-state index is 13.0. The number of nitrogens with zero attached hydrogens (tertiary/aromatic N) is 6. The fourth-order valence-electron chi connectivity index (χ4n) is 15.8. The number of halogens is 7. The van der Waals surface area contributed by atoms with E-state index < -0.39 is 23.9 Å². The van der Waals surface area contributed by atoms with Crippen LogP contribution in [0.5, 0.6) is 5.75 Å². The van der Waals surface area contributed by atoms with E-state index >= 15 is 0 Å². The molecule has 0 fully saturated rings. The average Bonchev–Trinajstić information content (AvgIpc) is 1.58. The number of amides is 3. The second-order valence-electron chi connectivity index (χ2n) is 28.6. The molecule has 4 unspecified atom stereocenters. The molecule has 17 rings (SSSR count). The highest BCUT2D eigenvalue weighted by molar-refractivity contribution is 9.10. The Morgan fingerprint density at radius 3 is 1.36 bits per heavy atom. The summed E-state index contributed by atoms with van der Waals surface area (Å²) >= 11 is 19.6. The number of alkyl halides is 3. The van der Waals surface area contributed by atoms with Crippen LogP contribution in [0.25, 0.3) is 43.6 Å². The summed E-state index contributed by atoms with van der Waals surface area (Å²) < 4.78 is 62.7. The minimum Gasteiger partial charge on any atom is -0.497 e. The van der Waals surface area contributed by atoms with E-state index in [-0.39, 0.29) is 36.4 Å². The van der Waals surface area contributed by atoms with Crippen molar-refractivity contribution in [2.24, 2.45) is 0 Å². The highest BCUT2D eigenvalue weighted by atomic mass is 79.9. The van der Waals surface area contributed by atoms with Crippen molar-refractivity contribution < 1.29 is 46.5 Å². The lowest BCUT2D eigenvalue weighted by molar-refractivity contribution is -0.137. The van der Waals surface area contributed by atoms with Crippen molar-refractivity contribution in [3.8, 4) is 5.75 Å². The summed E-state index contributed by atoms with van der Waals surface area (Å²) in [5.74, 6) is 2.07. The topological polar surface area (TPSA) is 190 Å². The fraction of sp³-hybridized carbons (Fsp3) is 0.284. The Kier molecular flexibility index (Phi) is 23.8. The molecule has 0 spiro atoms. The number of carbonyl (C=O) groups excluding carboxylic acids is 3. The molecule has 4 N–H and O–H groups in total. The molecule has 9 heterocycles. The number of rotatable bonds is 11. The van der Waals surface area contributed by atoms with Crippen molar-refractivity contribution in [3.05, 3.63) is 292 Å². The summed E-state index contributed by atoms with van der Waals surface area (Å²) in [5.41, 5.74) is 17.7. The van der Waals surface area contributed by atoms with Crippen LogP contribution in [0, 0.1) is 0 Å². The van der Waals surface area contributed by atoms with E-state index in [2.05, 4.69) is 147 Å². The van der Waals surface area contributed by atoms with Gasteiger partial charge in [-0.2, -0.15) is 13.2 Å². The first kappa shape index (κ1) is 78.4. The van der Waals surface area contributed by atoms with Crippen LogP contribution >= 0.6 is 55.1 Å². The van der Waals surface area contributed by atoms with Crippen molar-refractivity contribution >= 4 is 123 Å². The first-order valence-corrected chi connectivity index (χ1v) is 40.0. The lowest BCUT2D eigenvalue weighted by atomic mass is 9.91. The fourth-order valence-corrected chi connectivity index (χ4v) is 16.8. The molecule has 112 heavy (non-hydrogen) atoms. The smallest absolute Gasteiger partial charge is 0.416 e. The van der Waals surface area contributed by atoms with Crippen molar-refractivity contribution in [2.45, 2.75) is 116 Å². The Bertz CT molecular complexity index is 5530. The molecule has 0 radical (unpaired) electrons. The van der Waals surface area contributed by atoms with Gasteiger partial charge >= 0.3 is 24.5 Å². The highest BCUT2D eigenvalue weighted by Crippen LogP contribution is 2.46. The molecule has 4 aliphatic rings. The molecule has 5 aromatic heterocycles. The quantitative estimate of drug-likeness (QED) is 0.0907. The van der Waals surface area contributed by atoms with Crippen LogP contribution in [0.4, 0.5) is 33.5 Å². The van der Waals surface area contributed by atoms with Gasteiger partial charge in [-0.25, -0.2) is 24.4 Å². The molecule has 17 nitrogen and oxygen atoms in total. The molecule has 0 bridgehead atoms. The normalized spacial score (nSPS) is 16.5. The van der Waals surface area contributed by atoms with Gasteiger partial charge in [0.2, 0.25) is 5.95 Å². The summed E-state index contributed by atoms with van der Waals surface area (Å²) in [5, 5.41) is 5.88. The first-order valence-electron chi connectivity index (χ1n) is 37.6. The summed E-state index contributed by atoms with van der Waals surface area (Å²) in [6.45, 7) is 15.1. The van der Waals surface area contributed by atoms with Crippen LogP contribution in [-0.4, -0.2) is 115 Å². The van der Waals surface area contributed by atoms with Gasteiger partial charge in [0, 0.05) is 124 Å². The summed E-state index contributed by atoms with van der Waals surface area (Å²) in [7, 11) is 1.64. The summed E-state index contributed by atoms with van der Waals surface area (Å²) in [6.07, 6.45) is 1.76. The molecular weight excluding hydrogens is 1600 g/mol. The van der Waals surface area contributed by atoms with Gasteiger partial charge in [-0.15, -0.1) is 0 Å². The monoisotopic (exact) mass is 1680 g/mol. The van der Waals surface area contributed by atoms with E-state index in [1.807, 2.05) is 116 Å².